The molecular weight excluding hydrogens is 514 g/mol. The summed E-state index contributed by atoms with van der Waals surface area (Å²) in [6.45, 7) is 2.23. The van der Waals surface area contributed by atoms with Crippen molar-refractivity contribution in [3.63, 3.8) is 0 Å². The summed E-state index contributed by atoms with van der Waals surface area (Å²) < 4.78 is 28.4. The number of nitrogens with zero attached hydrogens (tertiary/aromatic N) is 2. The molecule has 0 atom stereocenters. The molecular formula is C30H27N3O7. The Labute approximate surface area is 230 Å². The molecule has 2 aliphatic rings. The molecule has 2 aromatic carbocycles. The summed E-state index contributed by atoms with van der Waals surface area (Å²) in [4.78, 5) is 22.3. The highest BCUT2D eigenvalue weighted by Gasteiger charge is 2.22. The predicted octanol–water partition coefficient (Wildman–Crippen LogP) is 4.66. The van der Waals surface area contributed by atoms with E-state index in [0.717, 1.165) is 24.0 Å². The summed E-state index contributed by atoms with van der Waals surface area (Å²) in [5.74, 6) is 1.16. The highest BCUT2D eigenvalue weighted by molar-refractivity contribution is 5.96. The van der Waals surface area contributed by atoms with Gasteiger partial charge in [0, 0.05) is 36.2 Å². The molecule has 40 heavy (non-hydrogen) atoms. The van der Waals surface area contributed by atoms with Crippen molar-refractivity contribution in [2.45, 2.75) is 25.0 Å². The predicted molar refractivity (Wildman–Crippen MR) is 144 cm³/mol. The summed E-state index contributed by atoms with van der Waals surface area (Å²) in [5.41, 5.74) is 6.75. The van der Waals surface area contributed by atoms with E-state index in [-0.39, 0.29) is 18.1 Å². The Balaban J connectivity index is 1.28. The topological polar surface area (TPSA) is 125 Å². The van der Waals surface area contributed by atoms with Gasteiger partial charge < -0.3 is 23.4 Å². The largest absolute Gasteiger partial charge is 0.496 e. The first-order valence-electron chi connectivity index (χ1n) is 13.0. The zero-order valence-corrected chi connectivity index (χ0v) is 21.8. The fourth-order valence-corrected chi connectivity index (χ4v) is 4.67. The molecule has 4 aromatic rings. The van der Waals surface area contributed by atoms with Gasteiger partial charge in [-0.3, -0.25) is 14.6 Å². The van der Waals surface area contributed by atoms with Gasteiger partial charge in [-0.15, -0.1) is 0 Å². The van der Waals surface area contributed by atoms with Crippen LogP contribution in [0, 0.1) is 11.3 Å². The summed E-state index contributed by atoms with van der Waals surface area (Å²) in [7, 11) is 1.53. The molecule has 204 valence electrons. The number of carbonyl (C=O) groups is 1. The Morgan fingerprint density at radius 2 is 1.85 bits per heavy atom. The van der Waals surface area contributed by atoms with E-state index in [2.05, 4.69) is 16.5 Å². The number of hydroxylamine groups is 1. The van der Waals surface area contributed by atoms with Crippen molar-refractivity contribution in [2.24, 2.45) is 0 Å². The minimum absolute atomic E-state index is 0.0317. The first kappa shape index (κ1) is 25.8. The van der Waals surface area contributed by atoms with Crippen molar-refractivity contribution >= 4 is 17.0 Å². The van der Waals surface area contributed by atoms with Crippen LogP contribution in [0.5, 0.6) is 11.5 Å². The minimum Gasteiger partial charge on any atom is -0.496 e. The van der Waals surface area contributed by atoms with Gasteiger partial charge in [0.1, 0.15) is 41.1 Å². The number of rotatable bonds is 8. The first-order chi connectivity index (χ1) is 19.6. The number of aromatic nitrogens is 1. The van der Waals surface area contributed by atoms with E-state index in [9.17, 15) is 10.1 Å². The lowest BCUT2D eigenvalue weighted by atomic mass is 10.0. The van der Waals surface area contributed by atoms with Crippen LogP contribution in [-0.2, 0) is 14.3 Å². The third-order valence-electron chi connectivity index (χ3n) is 6.94. The lowest BCUT2D eigenvalue weighted by Crippen LogP contribution is -2.41. The van der Waals surface area contributed by atoms with Crippen LogP contribution in [0.25, 0.3) is 33.6 Å². The maximum Gasteiger partial charge on any atom is 0.274 e. The number of nitriles is 1. The van der Waals surface area contributed by atoms with Crippen molar-refractivity contribution in [1.82, 2.24) is 10.5 Å². The van der Waals surface area contributed by atoms with Crippen molar-refractivity contribution < 1.29 is 33.0 Å². The monoisotopic (exact) mass is 541 g/mol. The van der Waals surface area contributed by atoms with Crippen LogP contribution in [0.15, 0.2) is 59.1 Å². The smallest absolute Gasteiger partial charge is 0.274 e. The van der Waals surface area contributed by atoms with Crippen LogP contribution in [-0.4, -0.2) is 56.6 Å². The second-order valence-corrected chi connectivity index (χ2v) is 9.56. The number of benzene rings is 2. The average Bonchev–Trinajstić information content (AvgIpc) is 3.41. The standard InChI is InChI=1S/C30H27N3O7/c1-35-27-13-19(30(34)33-40-22-16-37-17-22)2-4-24(27)28-14-25-29(39-28)23(6-9-32-25)18-3-5-26(20(12-18)15-31)38-21-7-10-36-11-8-21/h2-6,9,12-14,21-22H,7-8,10-11,16-17H2,1H3,(H,33,34). The van der Waals surface area contributed by atoms with Gasteiger partial charge in [-0.25, -0.2) is 5.48 Å². The van der Waals surface area contributed by atoms with Gasteiger partial charge in [-0.2, -0.15) is 5.26 Å². The van der Waals surface area contributed by atoms with Crippen molar-refractivity contribution in [2.75, 3.05) is 33.5 Å². The number of pyridine rings is 1. The maximum atomic E-state index is 12.5. The van der Waals surface area contributed by atoms with Gasteiger partial charge in [-0.1, -0.05) is 6.07 Å². The quantitative estimate of drug-likeness (QED) is 0.317. The molecule has 4 heterocycles. The SMILES string of the molecule is COc1cc(C(=O)NOC2COC2)ccc1-c1cc2nccc(-c3ccc(OC4CCOCC4)c(C#N)c3)c2o1. The van der Waals surface area contributed by atoms with Crippen LogP contribution in [0.3, 0.4) is 0 Å². The molecule has 1 N–H and O–H groups in total. The van der Waals surface area contributed by atoms with Gasteiger partial charge in [0.2, 0.25) is 0 Å². The third kappa shape index (κ3) is 5.22. The summed E-state index contributed by atoms with van der Waals surface area (Å²) >= 11 is 0. The van der Waals surface area contributed by atoms with Crippen molar-refractivity contribution in [3.8, 4) is 40.0 Å². The number of methoxy groups -OCH3 is 1. The number of hydrogen-bond donors (Lipinski definition) is 1. The maximum absolute atomic E-state index is 12.5. The van der Waals surface area contributed by atoms with Gasteiger partial charge in [0.25, 0.3) is 5.91 Å². The molecule has 2 aliphatic heterocycles. The van der Waals surface area contributed by atoms with Crippen LogP contribution >= 0.6 is 0 Å². The second kappa shape index (κ2) is 11.4. The summed E-state index contributed by atoms with van der Waals surface area (Å²) in [6, 6.07) is 16.5. The van der Waals surface area contributed by atoms with Crippen LogP contribution < -0.4 is 15.0 Å². The number of carbonyl (C=O) groups excluding carboxylic acids is 1. The van der Waals surface area contributed by atoms with Gasteiger partial charge >= 0.3 is 0 Å². The molecule has 10 nitrogen and oxygen atoms in total. The summed E-state index contributed by atoms with van der Waals surface area (Å²) in [6.07, 6.45) is 3.19. The highest BCUT2D eigenvalue weighted by atomic mass is 16.7. The van der Waals surface area contributed by atoms with Gasteiger partial charge in [0.15, 0.2) is 5.58 Å². The molecule has 0 unspecified atom stereocenters. The van der Waals surface area contributed by atoms with Crippen molar-refractivity contribution in [3.05, 3.63) is 65.9 Å². The third-order valence-corrected chi connectivity index (χ3v) is 6.94. The Morgan fingerprint density at radius 1 is 1.00 bits per heavy atom. The van der Waals surface area contributed by atoms with E-state index in [4.69, 9.17) is 28.2 Å². The minimum atomic E-state index is -0.386. The Morgan fingerprint density at radius 3 is 2.60 bits per heavy atom. The Kier molecular flexibility index (Phi) is 7.33. The first-order valence-corrected chi connectivity index (χ1v) is 13.0. The van der Waals surface area contributed by atoms with E-state index in [1.54, 1.807) is 30.5 Å². The van der Waals surface area contributed by atoms with E-state index in [1.807, 2.05) is 24.3 Å². The number of nitrogens with one attached hydrogen (secondary N) is 1. The van der Waals surface area contributed by atoms with Crippen LogP contribution in [0.2, 0.25) is 0 Å². The molecule has 0 radical (unpaired) electrons. The lowest BCUT2D eigenvalue weighted by Gasteiger charge is -2.25. The molecule has 0 saturated carbocycles. The zero-order chi connectivity index (χ0) is 27.5. The van der Waals surface area contributed by atoms with Gasteiger partial charge in [-0.05, 0) is 42.0 Å². The van der Waals surface area contributed by atoms with Crippen LogP contribution in [0.1, 0.15) is 28.8 Å². The van der Waals surface area contributed by atoms with E-state index in [0.29, 0.717) is 71.5 Å². The normalized spacial score (nSPS) is 15.8. The molecule has 0 aliphatic carbocycles. The molecule has 0 spiro atoms. The number of furan rings is 1. The second-order valence-electron chi connectivity index (χ2n) is 9.56. The fourth-order valence-electron chi connectivity index (χ4n) is 4.67. The Hall–Kier alpha value is -4.43. The van der Waals surface area contributed by atoms with E-state index in [1.165, 1.54) is 7.11 Å². The Bertz CT molecular complexity index is 1580. The number of fused-ring (bicyclic) bond motifs is 1. The number of amides is 1. The number of hydrogen-bond acceptors (Lipinski definition) is 9. The van der Waals surface area contributed by atoms with Gasteiger partial charge in [0.05, 0.1) is 44.7 Å². The highest BCUT2D eigenvalue weighted by Crippen LogP contribution is 2.38. The van der Waals surface area contributed by atoms with E-state index >= 15 is 0 Å². The lowest BCUT2D eigenvalue weighted by molar-refractivity contribution is -0.152. The molecule has 2 aromatic heterocycles. The summed E-state index contributed by atoms with van der Waals surface area (Å²) in [5, 5.41) is 9.83. The molecule has 0 bridgehead atoms. The molecule has 1 amide bonds. The van der Waals surface area contributed by atoms with Crippen molar-refractivity contribution in [1.29, 1.82) is 5.26 Å². The zero-order valence-electron chi connectivity index (χ0n) is 21.8. The van der Waals surface area contributed by atoms with E-state index < -0.39 is 0 Å². The molecule has 2 saturated heterocycles. The van der Waals surface area contributed by atoms with Crippen LogP contribution in [0.4, 0.5) is 0 Å². The molecule has 10 heteroatoms. The number of ether oxygens (including phenoxy) is 4. The average molecular weight is 542 g/mol. The molecule has 2 fully saturated rings. The molecule has 6 rings (SSSR count). The fraction of sp³-hybridized carbons (Fsp3) is 0.300.